The fraction of sp³-hybridized carbons (Fsp3) is 0.0714. The molecular formula is C14H12O3. The molecule has 0 amide bonds. The number of rotatable bonds is 2. The van der Waals surface area contributed by atoms with Crippen molar-refractivity contribution < 1.29 is 15.0 Å². The smallest absolute Gasteiger partial charge is 0.163 e. The zero-order valence-corrected chi connectivity index (χ0v) is 9.34. The first-order valence-electron chi connectivity index (χ1n) is 5.22. The Kier molecular flexibility index (Phi) is 2.83. The Hall–Kier alpha value is -2.29. The predicted octanol–water partition coefficient (Wildman–Crippen LogP) is 2.97. The molecule has 0 fully saturated rings. The van der Waals surface area contributed by atoms with Crippen molar-refractivity contribution in [2.45, 2.75) is 6.92 Å². The molecule has 0 heterocycles. The second kappa shape index (κ2) is 4.29. The summed E-state index contributed by atoms with van der Waals surface area (Å²) in [5.74, 6) is -0.479. The SMILES string of the molecule is CC(=O)c1cc(-c2ccccc2)c(O)cc1O. The highest BCUT2D eigenvalue weighted by molar-refractivity contribution is 5.98. The standard InChI is InChI=1S/C14H12O3/c1-9(15)11-7-12(14(17)8-13(11)16)10-5-3-2-4-6-10/h2-8,16-17H,1H3. The summed E-state index contributed by atoms with van der Waals surface area (Å²) in [6.07, 6.45) is 0. The summed E-state index contributed by atoms with van der Waals surface area (Å²) in [5.41, 5.74) is 1.54. The van der Waals surface area contributed by atoms with E-state index in [-0.39, 0.29) is 22.8 Å². The lowest BCUT2D eigenvalue weighted by Gasteiger charge is -2.08. The van der Waals surface area contributed by atoms with Crippen molar-refractivity contribution >= 4 is 5.78 Å². The largest absolute Gasteiger partial charge is 0.507 e. The van der Waals surface area contributed by atoms with Gasteiger partial charge in [0.1, 0.15) is 11.5 Å². The van der Waals surface area contributed by atoms with E-state index in [0.717, 1.165) is 5.56 Å². The van der Waals surface area contributed by atoms with Crippen molar-refractivity contribution in [3.63, 3.8) is 0 Å². The molecule has 2 rings (SSSR count). The van der Waals surface area contributed by atoms with Crippen LogP contribution in [0, 0.1) is 0 Å². The minimum absolute atomic E-state index is 0.0429. The van der Waals surface area contributed by atoms with Crippen molar-refractivity contribution in [2.75, 3.05) is 0 Å². The number of phenolic OH excluding ortho intramolecular Hbond substituents is 2. The number of carbonyl (C=O) groups is 1. The topological polar surface area (TPSA) is 57.5 Å². The molecule has 0 saturated heterocycles. The highest BCUT2D eigenvalue weighted by Crippen LogP contribution is 2.34. The van der Waals surface area contributed by atoms with Crippen molar-refractivity contribution in [3.05, 3.63) is 48.0 Å². The van der Waals surface area contributed by atoms with E-state index in [1.807, 2.05) is 30.3 Å². The van der Waals surface area contributed by atoms with Gasteiger partial charge in [-0.05, 0) is 18.6 Å². The van der Waals surface area contributed by atoms with Gasteiger partial charge in [-0.25, -0.2) is 0 Å². The van der Waals surface area contributed by atoms with Crippen LogP contribution < -0.4 is 0 Å². The van der Waals surface area contributed by atoms with Gasteiger partial charge in [-0.1, -0.05) is 30.3 Å². The highest BCUT2D eigenvalue weighted by atomic mass is 16.3. The normalized spacial score (nSPS) is 10.2. The van der Waals surface area contributed by atoms with E-state index in [9.17, 15) is 15.0 Å². The summed E-state index contributed by atoms with van der Waals surface area (Å²) in [4.78, 5) is 11.3. The maximum absolute atomic E-state index is 11.3. The molecule has 2 N–H and O–H groups in total. The third-order valence-electron chi connectivity index (χ3n) is 2.58. The Morgan fingerprint density at radius 1 is 1.00 bits per heavy atom. The summed E-state index contributed by atoms with van der Waals surface area (Å²) in [6.45, 7) is 1.38. The van der Waals surface area contributed by atoms with E-state index >= 15 is 0 Å². The zero-order chi connectivity index (χ0) is 12.4. The van der Waals surface area contributed by atoms with Crippen LogP contribution in [0.1, 0.15) is 17.3 Å². The van der Waals surface area contributed by atoms with Crippen molar-refractivity contribution in [1.82, 2.24) is 0 Å². The molecule has 0 aliphatic heterocycles. The molecule has 0 radical (unpaired) electrons. The molecule has 0 atom stereocenters. The second-order valence-corrected chi connectivity index (χ2v) is 3.81. The van der Waals surface area contributed by atoms with Crippen molar-refractivity contribution in [3.8, 4) is 22.6 Å². The van der Waals surface area contributed by atoms with Crippen molar-refractivity contribution in [1.29, 1.82) is 0 Å². The minimum Gasteiger partial charge on any atom is -0.507 e. The van der Waals surface area contributed by atoms with E-state index in [1.54, 1.807) is 0 Å². The maximum atomic E-state index is 11.3. The van der Waals surface area contributed by atoms with Crippen LogP contribution in [0.5, 0.6) is 11.5 Å². The van der Waals surface area contributed by atoms with Crippen LogP contribution in [0.25, 0.3) is 11.1 Å². The van der Waals surface area contributed by atoms with Crippen LogP contribution >= 0.6 is 0 Å². The highest BCUT2D eigenvalue weighted by Gasteiger charge is 2.12. The number of hydrogen-bond acceptors (Lipinski definition) is 3. The van der Waals surface area contributed by atoms with Crippen LogP contribution in [-0.4, -0.2) is 16.0 Å². The molecule has 2 aromatic carbocycles. The Balaban J connectivity index is 2.63. The number of hydrogen-bond donors (Lipinski definition) is 2. The molecule has 0 aliphatic rings. The number of benzene rings is 2. The first-order chi connectivity index (χ1) is 8.09. The summed E-state index contributed by atoms with van der Waals surface area (Å²) in [7, 11) is 0. The Morgan fingerprint density at radius 3 is 2.24 bits per heavy atom. The monoisotopic (exact) mass is 228 g/mol. The van der Waals surface area contributed by atoms with Gasteiger partial charge in [0.05, 0.1) is 5.56 Å². The number of Topliss-reactive ketones (excluding diaryl/α,β-unsaturated/α-hetero) is 1. The lowest BCUT2D eigenvalue weighted by Crippen LogP contribution is -1.93. The summed E-state index contributed by atoms with van der Waals surface area (Å²) < 4.78 is 0. The van der Waals surface area contributed by atoms with Gasteiger partial charge in [-0.15, -0.1) is 0 Å². The molecule has 0 bridgehead atoms. The lowest BCUT2D eigenvalue weighted by molar-refractivity contribution is 0.101. The molecule has 2 aromatic rings. The molecule has 0 spiro atoms. The summed E-state index contributed by atoms with van der Waals surface area (Å²) in [5, 5.41) is 19.3. The quantitative estimate of drug-likeness (QED) is 0.777. The molecule has 0 unspecified atom stereocenters. The van der Waals surface area contributed by atoms with Gasteiger partial charge in [-0.3, -0.25) is 4.79 Å². The second-order valence-electron chi connectivity index (χ2n) is 3.81. The average molecular weight is 228 g/mol. The zero-order valence-electron chi connectivity index (χ0n) is 9.34. The molecule has 3 heteroatoms. The summed E-state index contributed by atoms with van der Waals surface area (Å²) >= 11 is 0. The maximum Gasteiger partial charge on any atom is 0.163 e. The average Bonchev–Trinajstić information content (AvgIpc) is 2.29. The van der Waals surface area contributed by atoms with E-state index in [0.29, 0.717) is 5.56 Å². The fourth-order valence-corrected chi connectivity index (χ4v) is 1.71. The van der Waals surface area contributed by atoms with Crippen molar-refractivity contribution in [2.24, 2.45) is 0 Å². The minimum atomic E-state index is -0.236. The van der Waals surface area contributed by atoms with Crippen LogP contribution in [-0.2, 0) is 0 Å². The molecule has 0 aromatic heterocycles. The molecular weight excluding hydrogens is 216 g/mol. The van der Waals surface area contributed by atoms with Gasteiger partial charge in [0.15, 0.2) is 5.78 Å². The summed E-state index contributed by atoms with van der Waals surface area (Å²) in [6, 6.07) is 11.9. The number of aromatic hydroxyl groups is 2. The predicted molar refractivity (Wildman–Crippen MR) is 65.2 cm³/mol. The van der Waals surface area contributed by atoms with E-state index in [2.05, 4.69) is 0 Å². The van der Waals surface area contributed by atoms with E-state index in [4.69, 9.17) is 0 Å². The van der Waals surface area contributed by atoms with Crippen LogP contribution in [0.2, 0.25) is 0 Å². The lowest BCUT2D eigenvalue weighted by atomic mass is 10.00. The Labute approximate surface area is 99.0 Å². The Bertz CT molecular complexity index is 559. The molecule has 17 heavy (non-hydrogen) atoms. The first-order valence-corrected chi connectivity index (χ1v) is 5.22. The van der Waals surface area contributed by atoms with Crippen LogP contribution in [0.15, 0.2) is 42.5 Å². The molecule has 0 saturated carbocycles. The Morgan fingerprint density at radius 2 is 1.65 bits per heavy atom. The third kappa shape index (κ3) is 2.13. The van der Waals surface area contributed by atoms with E-state index < -0.39 is 0 Å². The van der Waals surface area contributed by atoms with E-state index in [1.165, 1.54) is 19.1 Å². The van der Waals surface area contributed by atoms with Gasteiger partial charge >= 0.3 is 0 Å². The fourth-order valence-electron chi connectivity index (χ4n) is 1.71. The van der Waals surface area contributed by atoms with Gasteiger partial charge < -0.3 is 10.2 Å². The number of carbonyl (C=O) groups excluding carboxylic acids is 1. The third-order valence-corrected chi connectivity index (χ3v) is 2.58. The van der Waals surface area contributed by atoms with Gasteiger partial charge in [0, 0.05) is 11.6 Å². The molecule has 0 aliphatic carbocycles. The van der Waals surface area contributed by atoms with Gasteiger partial charge in [-0.2, -0.15) is 0 Å². The molecule has 86 valence electrons. The van der Waals surface area contributed by atoms with Crippen LogP contribution in [0.4, 0.5) is 0 Å². The number of ketones is 1. The van der Waals surface area contributed by atoms with Gasteiger partial charge in [0.25, 0.3) is 0 Å². The molecule has 3 nitrogen and oxygen atoms in total. The van der Waals surface area contributed by atoms with Crippen LogP contribution in [0.3, 0.4) is 0 Å². The number of phenols is 2. The first kappa shape index (κ1) is 11.2. The van der Waals surface area contributed by atoms with Gasteiger partial charge in [0.2, 0.25) is 0 Å².